The minimum atomic E-state index is 0.729. The highest BCUT2D eigenvalue weighted by Crippen LogP contribution is 2.31. The van der Waals surface area contributed by atoms with E-state index in [0.717, 1.165) is 11.8 Å². The molecule has 2 atom stereocenters. The Morgan fingerprint density at radius 3 is 3.19 bits per heavy atom. The summed E-state index contributed by atoms with van der Waals surface area (Å²) in [5.74, 6) is 5.53. The molecule has 0 saturated carbocycles. The SMILES string of the molecule is CC1CCc2nc(C3CCCSC3)cn2C1. The van der Waals surface area contributed by atoms with Crippen LogP contribution in [0.3, 0.4) is 0 Å². The maximum atomic E-state index is 4.86. The summed E-state index contributed by atoms with van der Waals surface area (Å²) in [7, 11) is 0. The first-order valence-electron chi connectivity index (χ1n) is 6.46. The van der Waals surface area contributed by atoms with Crippen molar-refractivity contribution in [2.45, 2.75) is 45.1 Å². The first-order valence-corrected chi connectivity index (χ1v) is 7.62. The highest BCUT2D eigenvalue weighted by atomic mass is 32.2. The number of hydrogen-bond donors (Lipinski definition) is 0. The Morgan fingerprint density at radius 2 is 2.38 bits per heavy atom. The third kappa shape index (κ3) is 2.02. The van der Waals surface area contributed by atoms with Crippen LogP contribution in [0.1, 0.15) is 43.6 Å². The number of thioether (sulfide) groups is 1. The number of fused-ring (bicyclic) bond motifs is 1. The molecule has 1 aromatic rings. The fourth-order valence-electron chi connectivity index (χ4n) is 2.81. The molecule has 2 aliphatic rings. The molecule has 2 aliphatic heterocycles. The molecule has 0 radical (unpaired) electrons. The highest BCUT2D eigenvalue weighted by molar-refractivity contribution is 7.99. The van der Waals surface area contributed by atoms with Gasteiger partial charge in [-0.1, -0.05) is 6.92 Å². The molecule has 0 spiro atoms. The molecular weight excluding hydrogens is 216 g/mol. The van der Waals surface area contributed by atoms with Crippen molar-refractivity contribution < 1.29 is 0 Å². The summed E-state index contributed by atoms with van der Waals surface area (Å²) < 4.78 is 2.41. The number of aryl methyl sites for hydroxylation is 1. The van der Waals surface area contributed by atoms with Crippen LogP contribution in [0, 0.1) is 5.92 Å². The lowest BCUT2D eigenvalue weighted by atomic mass is 10.0. The lowest BCUT2D eigenvalue weighted by Crippen LogP contribution is -2.17. The standard InChI is InChI=1S/C13H20N2S/c1-10-4-5-13-14-12(8-15(13)7-10)11-3-2-6-16-9-11/h8,10-11H,2-7,9H2,1H3. The maximum absolute atomic E-state index is 4.86. The zero-order chi connectivity index (χ0) is 11.0. The molecule has 0 amide bonds. The molecule has 3 heterocycles. The third-order valence-corrected chi connectivity index (χ3v) is 5.04. The van der Waals surface area contributed by atoms with Crippen molar-refractivity contribution in [2.24, 2.45) is 5.92 Å². The lowest BCUT2D eigenvalue weighted by molar-refractivity contribution is 0.394. The summed E-state index contributed by atoms with van der Waals surface area (Å²) in [4.78, 5) is 4.86. The summed E-state index contributed by atoms with van der Waals surface area (Å²) in [5.41, 5.74) is 1.37. The number of imidazole rings is 1. The average molecular weight is 236 g/mol. The largest absolute Gasteiger partial charge is 0.334 e. The van der Waals surface area contributed by atoms with Crippen LogP contribution >= 0.6 is 11.8 Å². The molecule has 1 fully saturated rings. The summed E-state index contributed by atoms with van der Waals surface area (Å²) in [6.45, 7) is 3.53. The summed E-state index contributed by atoms with van der Waals surface area (Å²) >= 11 is 2.10. The van der Waals surface area contributed by atoms with E-state index in [2.05, 4.69) is 29.4 Å². The normalized spacial score (nSPS) is 30.1. The highest BCUT2D eigenvalue weighted by Gasteiger charge is 2.22. The third-order valence-electron chi connectivity index (χ3n) is 3.83. The molecule has 0 N–H and O–H groups in total. The van der Waals surface area contributed by atoms with Crippen molar-refractivity contribution >= 4 is 11.8 Å². The first-order chi connectivity index (χ1) is 7.83. The van der Waals surface area contributed by atoms with Crippen molar-refractivity contribution in [3.63, 3.8) is 0 Å². The van der Waals surface area contributed by atoms with Crippen LogP contribution in [0.25, 0.3) is 0 Å². The van der Waals surface area contributed by atoms with E-state index in [4.69, 9.17) is 4.98 Å². The first kappa shape index (κ1) is 10.7. The monoisotopic (exact) mass is 236 g/mol. The maximum Gasteiger partial charge on any atom is 0.108 e. The Morgan fingerprint density at radius 1 is 1.44 bits per heavy atom. The minimum Gasteiger partial charge on any atom is -0.334 e. The van der Waals surface area contributed by atoms with E-state index in [1.54, 1.807) is 0 Å². The Kier molecular flexibility index (Phi) is 2.97. The second-order valence-corrected chi connectivity index (χ2v) is 6.44. The van der Waals surface area contributed by atoms with E-state index in [-0.39, 0.29) is 0 Å². The van der Waals surface area contributed by atoms with Crippen molar-refractivity contribution in [3.8, 4) is 0 Å². The van der Waals surface area contributed by atoms with Gasteiger partial charge >= 0.3 is 0 Å². The molecule has 0 aromatic carbocycles. The quantitative estimate of drug-likeness (QED) is 0.746. The van der Waals surface area contributed by atoms with Gasteiger partial charge in [-0.05, 0) is 30.9 Å². The van der Waals surface area contributed by atoms with Gasteiger partial charge in [0.25, 0.3) is 0 Å². The van der Waals surface area contributed by atoms with E-state index in [9.17, 15) is 0 Å². The Labute approximate surface area is 102 Å². The van der Waals surface area contributed by atoms with Crippen LogP contribution in [0.4, 0.5) is 0 Å². The molecule has 1 aromatic heterocycles. The molecule has 88 valence electrons. The Bertz CT molecular complexity index is 366. The van der Waals surface area contributed by atoms with Crippen molar-refractivity contribution in [2.75, 3.05) is 11.5 Å². The van der Waals surface area contributed by atoms with E-state index < -0.39 is 0 Å². The van der Waals surface area contributed by atoms with E-state index in [1.165, 1.54) is 55.3 Å². The van der Waals surface area contributed by atoms with Crippen molar-refractivity contribution in [3.05, 3.63) is 17.7 Å². The second kappa shape index (κ2) is 4.44. The van der Waals surface area contributed by atoms with Gasteiger partial charge < -0.3 is 4.57 Å². The smallest absolute Gasteiger partial charge is 0.108 e. The molecule has 3 heteroatoms. The summed E-state index contributed by atoms with van der Waals surface area (Å²) in [5, 5.41) is 0. The van der Waals surface area contributed by atoms with Gasteiger partial charge in [0.1, 0.15) is 5.82 Å². The summed E-state index contributed by atoms with van der Waals surface area (Å²) in [6.07, 6.45) is 7.55. The number of rotatable bonds is 1. The summed E-state index contributed by atoms with van der Waals surface area (Å²) in [6, 6.07) is 0. The van der Waals surface area contributed by atoms with Gasteiger partial charge in [0.15, 0.2) is 0 Å². The molecule has 3 rings (SSSR count). The Hall–Kier alpha value is -0.440. The predicted octanol–water partition coefficient (Wildman–Crippen LogP) is 3.08. The Balaban J connectivity index is 1.80. The van der Waals surface area contributed by atoms with Crippen LogP contribution in [0.5, 0.6) is 0 Å². The lowest BCUT2D eigenvalue weighted by Gasteiger charge is -2.19. The minimum absolute atomic E-state index is 0.729. The molecule has 16 heavy (non-hydrogen) atoms. The molecule has 0 bridgehead atoms. The van der Waals surface area contributed by atoms with E-state index in [0.29, 0.717) is 0 Å². The predicted molar refractivity (Wildman–Crippen MR) is 69.0 cm³/mol. The van der Waals surface area contributed by atoms with Crippen molar-refractivity contribution in [1.29, 1.82) is 0 Å². The number of hydrogen-bond acceptors (Lipinski definition) is 2. The topological polar surface area (TPSA) is 17.8 Å². The average Bonchev–Trinajstić information content (AvgIpc) is 2.73. The van der Waals surface area contributed by atoms with Gasteiger partial charge in [0, 0.05) is 30.8 Å². The van der Waals surface area contributed by atoms with Crippen LogP contribution in [-0.4, -0.2) is 21.1 Å². The van der Waals surface area contributed by atoms with E-state index >= 15 is 0 Å². The molecule has 0 aliphatic carbocycles. The van der Waals surface area contributed by atoms with Crippen LogP contribution in [0.15, 0.2) is 6.20 Å². The molecule has 2 nitrogen and oxygen atoms in total. The van der Waals surface area contributed by atoms with Gasteiger partial charge in [-0.3, -0.25) is 0 Å². The fourth-order valence-corrected chi connectivity index (χ4v) is 3.97. The zero-order valence-electron chi connectivity index (χ0n) is 9.98. The van der Waals surface area contributed by atoms with Gasteiger partial charge in [-0.25, -0.2) is 4.98 Å². The van der Waals surface area contributed by atoms with Gasteiger partial charge in [-0.2, -0.15) is 11.8 Å². The number of aromatic nitrogens is 2. The number of nitrogens with zero attached hydrogens (tertiary/aromatic N) is 2. The van der Waals surface area contributed by atoms with E-state index in [1.807, 2.05) is 0 Å². The van der Waals surface area contributed by atoms with Gasteiger partial charge in [0.05, 0.1) is 5.69 Å². The second-order valence-electron chi connectivity index (χ2n) is 5.29. The molecule has 1 saturated heterocycles. The van der Waals surface area contributed by atoms with Crippen LogP contribution in [-0.2, 0) is 13.0 Å². The van der Waals surface area contributed by atoms with Gasteiger partial charge in [-0.15, -0.1) is 0 Å². The zero-order valence-corrected chi connectivity index (χ0v) is 10.8. The van der Waals surface area contributed by atoms with Crippen LogP contribution in [0.2, 0.25) is 0 Å². The van der Waals surface area contributed by atoms with Crippen molar-refractivity contribution in [1.82, 2.24) is 9.55 Å². The molecule has 2 unspecified atom stereocenters. The van der Waals surface area contributed by atoms with Gasteiger partial charge in [0.2, 0.25) is 0 Å². The van der Waals surface area contributed by atoms with Crippen LogP contribution < -0.4 is 0 Å². The molecular formula is C13H20N2S. The fraction of sp³-hybridized carbons (Fsp3) is 0.769.